The van der Waals surface area contributed by atoms with E-state index in [0.29, 0.717) is 10.6 Å². The maximum atomic E-state index is 14.1. The first-order valence-corrected chi connectivity index (χ1v) is 11.9. The van der Waals surface area contributed by atoms with Gasteiger partial charge in [-0.2, -0.15) is 0 Å². The molecule has 1 saturated heterocycles. The van der Waals surface area contributed by atoms with Crippen LogP contribution in [0.2, 0.25) is 0 Å². The molecule has 3 aromatic rings. The Bertz CT molecular complexity index is 1360. The molecule has 4 atom stereocenters. The highest BCUT2D eigenvalue weighted by Crippen LogP contribution is 2.57. The van der Waals surface area contributed by atoms with Crippen LogP contribution >= 0.6 is 11.3 Å². The SMILES string of the molecule is CC(=O)[C@@H]1[C@H](C(=O)c2cccs2)[C@@]2(C(=O)Nc3ccccc32)[C@H]2C=Cc3cc(C)ccc3N12. The van der Waals surface area contributed by atoms with Gasteiger partial charge in [0.2, 0.25) is 5.91 Å². The summed E-state index contributed by atoms with van der Waals surface area (Å²) in [4.78, 5) is 43.8. The average Bonchev–Trinajstić information content (AvgIpc) is 3.50. The molecular formula is C27H22N2O3S. The monoisotopic (exact) mass is 454 g/mol. The van der Waals surface area contributed by atoms with Crippen LogP contribution in [-0.2, 0) is 15.0 Å². The van der Waals surface area contributed by atoms with Crippen LogP contribution in [0.25, 0.3) is 6.08 Å². The van der Waals surface area contributed by atoms with E-state index in [4.69, 9.17) is 0 Å². The number of amides is 1. The molecule has 1 aromatic heterocycles. The fourth-order valence-electron chi connectivity index (χ4n) is 6.02. The fourth-order valence-corrected chi connectivity index (χ4v) is 6.73. The smallest absolute Gasteiger partial charge is 0.238 e. The van der Waals surface area contributed by atoms with Crippen molar-refractivity contribution < 1.29 is 14.4 Å². The first kappa shape index (κ1) is 20.1. The zero-order chi connectivity index (χ0) is 22.9. The average molecular weight is 455 g/mol. The first-order valence-electron chi connectivity index (χ1n) is 11.0. The quantitative estimate of drug-likeness (QED) is 0.587. The number of carbonyl (C=O) groups is 3. The summed E-state index contributed by atoms with van der Waals surface area (Å²) in [5.41, 5.74) is 3.27. The van der Waals surface area contributed by atoms with Crippen LogP contribution in [-0.4, -0.2) is 29.6 Å². The molecule has 6 rings (SSSR count). The second-order valence-corrected chi connectivity index (χ2v) is 9.96. The highest BCUT2D eigenvalue weighted by Gasteiger charge is 2.69. The van der Waals surface area contributed by atoms with Crippen molar-refractivity contribution in [1.82, 2.24) is 0 Å². The number of thiophene rings is 1. The van der Waals surface area contributed by atoms with Gasteiger partial charge < -0.3 is 10.2 Å². The third-order valence-corrected chi connectivity index (χ3v) is 8.14. The van der Waals surface area contributed by atoms with E-state index in [1.807, 2.05) is 71.8 Å². The molecule has 0 radical (unpaired) electrons. The van der Waals surface area contributed by atoms with Gasteiger partial charge in [-0.25, -0.2) is 0 Å². The van der Waals surface area contributed by atoms with Crippen molar-refractivity contribution >= 4 is 46.3 Å². The van der Waals surface area contributed by atoms with Gasteiger partial charge >= 0.3 is 0 Å². The number of hydrogen-bond acceptors (Lipinski definition) is 5. The van der Waals surface area contributed by atoms with Crippen LogP contribution in [0.3, 0.4) is 0 Å². The van der Waals surface area contributed by atoms with E-state index in [0.717, 1.165) is 22.4 Å². The normalized spacial score (nSPS) is 26.7. The van der Waals surface area contributed by atoms with Crippen molar-refractivity contribution in [3.05, 3.63) is 87.6 Å². The van der Waals surface area contributed by atoms with E-state index in [2.05, 4.69) is 11.4 Å². The Balaban J connectivity index is 1.67. The predicted octanol–water partition coefficient (Wildman–Crippen LogP) is 4.62. The summed E-state index contributed by atoms with van der Waals surface area (Å²) in [6, 6.07) is 16.0. The number of nitrogens with one attached hydrogen (secondary N) is 1. The maximum Gasteiger partial charge on any atom is 0.238 e. The van der Waals surface area contributed by atoms with Gasteiger partial charge in [0.15, 0.2) is 11.6 Å². The number of Topliss-reactive ketones (excluding diaryl/α,β-unsaturated/α-hetero) is 2. The van der Waals surface area contributed by atoms with Crippen LogP contribution in [0.5, 0.6) is 0 Å². The number of nitrogens with zero attached hydrogens (tertiary/aromatic N) is 1. The van der Waals surface area contributed by atoms with E-state index >= 15 is 0 Å². The summed E-state index contributed by atoms with van der Waals surface area (Å²) in [5, 5.41) is 4.88. The van der Waals surface area contributed by atoms with Gasteiger partial charge in [0.25, 0.3) is 0 Å². The molecule has 3 aliphatic heterocycles. The number of aryl methyl sites for hydroxylation is 1. The van der Waals surface area contributed by atoms with Crippen LogP contribution in [0.15, 0.2) is 66.1 Å². The highest BCUT2D eigenvalue weighted by molar-refractivity contribution is 7.12. The van der Waals surface area contributed by atoms with Crippen molar-refractivity contribution in [2.75, 3.05) is 10.2 Å². The van der Waals surface area contributed by atoms with Crippen molar-refractivity contribution in [2.24, 2.45) is 5.92 Å². The Morgan fingerprint density at radius 1 is 1.09 bits per heavy atom. The minimum absolute atomic E-state index is 0.120. The van der Waals surface area contributed by atoms with Gasteiger partial charge in [-0.3, -0.25) is 14.4 Å². The minimum Gasteiger partial charge on any atom is -0.352 e. The first-order chi connectivity index (χ1) is 15.9. The molecule has 3 aliphatic rings. The Hall–Kier alpha value is -3.51. The summed E-state index contributed by atoms with van der Waals surface area (Å²) in [6.45, 7) is 3.55. The third-order valence-electron chi connectivity index (χ3n) is 7.25. The molecule has 1 amide bonds. The lowest BCUT2D eigenvalue weighted by Gasteiger charge is -2.37. The molecule has 1 spiro atoms. The predicted molar refractivity (Wildman–Crippen MR) is 130 cm³/mol. The molecule has 33 heavy (non-hydrogen) atoms. The van der Waals surface area contributed by atoms with Gasteiger partial charge in [-0.15, -0.1) is 11.3 Å². The highest BCUT2D eigenvalue weighted by atomic mass is 32.1. The molecule has 0 bridgehead atoms. The molecule has 0 saturated carbocycles. The Morgan fingerprint density at radius 3 is 2.67 bits per heavy atom. The number of para-hydroxylation sites is 1. The lowest BCUT2D eigenvalue weighted by Crippen LogP contribution is -2.51. The number of hydrogen-bond donors (Lipinski definition) is 1. The molecular weight excluding hydrogens is 432 g/mol. The molecule has 1 fully saturated rings. The standard InChI is InChI=1S/C27H22N2O3S/c1-15-9-11-20-17(14-15)10-12-22-27(18-6-3-4-7-19(18)28-26(27)32)23(24(16(2)30)29(20)22)25(31)21-8-5-13-33-21/h3-14,22-24H,1-2H3,(H,28,32)/t22-,23-,24-,27+/m1/s1. The van der Waals surface area contributed by atoms with Crippen LogP contribution in [0.1, 0.15) is 33.3 Å². The van der Waals surface area contributed by atoms with Crippen LogP contribution < -0.4 is 10.2 Å². The van der Waals surface area contributed by atoms with Gasteiger partial charge in [0.1, 0.15) is 5.41 Å². The number of carbonyl (C=O) groups excluding carboxylic acids is 3. The van der Waals surface area contributed by atoms with E-state index in [9.17, 15) is 14.4 Å². The van der Waals surface area contributed by atoms with Crippen LogP contribution in [0.4, 0.5) is 11.4 Å². The van der Waals surface area contributed by atoms with Crippen molar-refractivity contribution in [2.45, 2.75) is 31.3 Å². The van der Waals surface area contributed by atoms with Crippen molar-refractivity contribution in [3.63, 3.8) is 0 Å². The van der Waals surface area contributed by atoms with E-state index in [1.165, 1.54) is 18.3 Å². The van der Waals surface area contributed by atoms with Gasteiger partial charge in [-0.05, 0) is 54.6 Å². The topological polar surface area (TPSA) is 66.5 Å². The molecule has 4 heterocycles. The zero-order valence-electron chi connectivity index (χ0n) is 18.2. The number of benzene rings is 2. The summed E-state index contributed by atoms with van der Waals surface area (Å²) in [7, 11) is 0. The van der Waals surface area contributed by atoms with Crippen LogP contribution in [0, 0.1) is 12.8 Å². The summed E-state index contributed by atoms with van der Waals surface area (Å²) >= 11 is 1.35. The Morgan fingerprint density at radius 2 is 1.91 bits per heavy atom. The Labute approximate surface area is 195 Å². The molecule has 164 valence electrons. The lowest BCUT2D eigenvalue weighted by molar-refractivity contribution is -0.122. The molecule has 6 heteroatoms. The maximum absolute atomic E-state index is 14.1. The third kappa shape index (κ3) is 2.55. The minimum atomic E-state index is -1.20. The lowest BCUT2D eigenvalue weighted by atomic mass is 9.65. The number of rotatable bonds is 3. The molecule has 5 nitrogen and oxygen atoms in total. The zero-order valence-corrected chi connectivity index (χ0v) is 19.1. The van der Waals surface area contributed by atoms with E-state index in [1.54, 1.807) is 6.07 Å². The summed E-state index contributed by atoms with van der Waals surface area (Å²) < 4.78 is 0. The Kier molecular flexibility index (Phi) is 4.26. The summed E-state index contributed by atoms with van der Waals surface area (Å²) in [6.07, 6.45) is 4.02. The number of fused-ring (bicyclic) bond motifs is 6. The molecule has 2 aromatic carbocycles. The van der Waals surface area contributed by atoms with Gasteiger partial charge in [-0.1, -0.05) is 48.0 Å². The van der Waals surface area contributed by atoms with E-state index in [-0.39, 0.29) is 17.5 Å². The van der Waals surface area contributed by atoms with Gasteiger partial charge in [0.05, 0.1) is 22.9 Å². The van der Waals surface area contributed by atoms with E-state index < -0.39 is 23.4 Å². The molecule has 0 unspecified atom stereocenters. The fraction of sp³-hybridized carbons (Fsp3) is 0.222. The second-order valence-electron chi connectivity index (χ2n) is 9.02. The number of ketones is 2. The van der Waals surface area contributed by atoms with Crippen molar-refractivity contribution in [3.8, 4) is 0 Å². The van der Waals surface area contributed by atoms with Gasteiger partial charge in [0, 0.05) is 11.4 Å². The largest absolute Gasteiger partial charge is 0.352 e. The summed E-state index contributed by atoms with van der Waals surface area (Å²) in [5.74, 6) is -1.35. The molecule has 1 N–H and O–H groups in total. The second kappa shape index (κ2) is 6.99. The molecule has 0 aliphatic carbocycles. The van der Waals surface area contributed by atoms with Crippen molar-refractivity contribution in [1.29, 1.82) is 0 Å². The number of anilines is 2.